The van der Waals surface area contributed by atoms with Crippen molar-refractivity contribution in [2.24, 2.45) is 17.8 Å². The van der Waals surface area contributed by atoms with E-state index in [-0.39, 0.29) is 0 Å². The van der Waals surface area contributed by atoms with Crippen molar-refractivity contribution in [3.63, 3.8) is 0 Å². The van der Waals surface area contributed by atoms with Crippen LogP contribution in [0, 0.1) is 17.8 Å². The maximum atomic E-state index is 6.60. The first-order valence-electron chi connectivity index (χ1n) is 9.80. The van der Waals surface area contributed by atoms with Gasteiger partial charge < -0.3 is 0 Å². The molecule has 0 saturated carbocycles. The van der Waals surface area contributed by atoms with Crippen molar-refractivity contribution < 1.29 is 30.0 Å². The Bertz CT molecular complexity index is 445. The quantitative estimate of drug-likeness (QED) is 0.332. The molecule has 0 radical (unpaired) electrons. The summed E-state index contributed by atoms with van der Waals surface area (Å²) >= 11 is -5.79. The van der Waals surface area contributed by atoms with Crippen LogP contribution in [0.25, 0.3) is 0 Å². The van der Waals surface area contributed by atoms with E-state index in [1.54, 1.807) is 4.41 Å². The number of hydrogen-bond acceptors (Lipinski definition) is 3. The summed E-state index contributed by atoms with van der Waals surface area (Å²) in [5.74, 6) is 8.81. The molecule has 0 bridgehead atoms. The average molecular weight is 492 g/mol. The molecule has 0 N–H and O–H groups in total. The van der Waals surface area contributed by atoms with Crippen LogP contribution in [0.5, 0.6) is 0 Å². The van der Waals surface area contributed by atoms with Crippen LogP contribution in [0.15, 0.2) is 19.8 Å². The van der Waals surface area contributed by atoms with Crippen LogP contribution in [0.1, 0.15) is 48.0 Å². The molecule has 0 aromatic heterocycles. The van der Waals surface area contributed by atoms with Crippen molar-refractivity contribution in [1.29, 1.82) is 0 Å². The molecule has 1 aliphatic rings. The second-order valence-electron chi connectivity index (χ2n) is 9.42. The van der Waals surface area contributed by atoms with Gasteiger partial charge in [-0.2, -0.15) is 0 Å². The first-order valence-corrected chi connectivity index (χ1v) is 21.4. The Hall–Kier alpha value is 0.786. The SMILES string of the molecule is CC(C)C[O][Zr]([O]CC(C)C)([O]CC(C)C)[C]1=[C]([Ge]([CH3])([CH3])[CH3])C=CC1. The molecule has 0 saturated heterocycles. The van der Waals surface area contributed by atoms with E-state index in [0.29, 0.717) is 17.8 Å². The predicted molar refractivity (Wildman–Crippen MR) is 106 cm³/mol. The van der Waals surface area contributed by atoms with Crippen LogP contribution in [-0.2, 0) is 30.0 Å². The van der Waals surface area contributed by atoms with Gasteiger partial charge in [-0.05, 0) is 0 Å². The number of allylic oxidation sites excluding steroid dienone is 4. The van der Waals surface area contributed by atoms with Crippen LogP contribution in [0.2, 0.25) is 17.3 Å². The molecule has 3 nitrogen and oxygen atoms in total. The van der Waals surface area contributed by atoms with Gasteiger partial charge in [-0.25, -0.2) is 0 Å². The van der Waals surface area contributed by atoms with Gasteiger partial charge >= 0.3 is 166 Å². The van der Waals surface area contributed by atoms with E-state index >= 15 is 0 Å². The minimum atomic E-state index is -3.80. The van der Waals surface area contributed by atoms with Gasteiger partial charge in [-0.15, -0.1) is 0 Å². The Balaban J connectivity index is 3.29. The van der Waals surface area contributed by atoms with Gasteiger partial charge in [0.05, 0.1) is 0 Å². The first-order chi connectivity index (χ1) is 11.5. The second-order valence-corrected chi connectivity index (χ2v) is 26.3. The molecule has 25 heavy (non-hydrogen) atoms. The molecule has 0 fully saturated rings. The van der Waals surface area contributed by atoms with Gasteiger partial charge in [-0.3, -0.25) is 0 Å². The molecule has 0 aliphatic heterocycles. The third kappa shape index (κ3) is 7.74. The summed E-state index contributed by atoms with van der Waals surface area (Å²) in [6.45, 7) is 15.4. The maximum absolute atomic E-state index is 6.60. The van der Waals surface area contributed by atoms with Crippen molar-refractivity contribution in [2.75, 3.05) is 19.8 Å². The molecular weight excluding hydrogens is 452 g/mol. The molecule has 0 unspecified atom stereocenters. The van der Waals surface area contributed by atoms with E-state index in [4.69, 9.17) is 8.44 Å². The van der Waals surface area contributed by atoms with E-state index in [0.717, 1.165) is 26.2 Å². The Morgan fingerprint density at radius 3 is 1.56 bits per heavy atom. The summed E-state index contributed by atoms with van der Waals surface area (Å²) < 4.78 is 22.8. The van der Waals surface area contributed by atoms with Crippen LogP contribution >= 0.6 is 0 Å². The third-order valence-corrected chi connectivity index (χ3v) is 16.6. The molecular formula is C20H40GeO3Zr. The Labute approximate surface area is 165 Å². The molecule has 0 heterocycles. The summed E-state index contributed by atoms with van der Waals surface area (Å²) in [5.41, 5.74) is 0. The Morgan fingerprint density at radius 2 is 1.24 bits per heavy atom. The molecule has 1 rings (SSSR count). The van der Waals surface area contributed by atoms with Crippen molar-refractivity contribution in [3.8, 4) is 0 Å². The van der Waals surface area contributed by atoms with Crippen molar-refractivity contribution >= 4 is 13.3 Å². The van der Waals surface area contributed by atoms with Gasteiger partial charge in [0.1, 0.15) is 0 Å². The summed E-state index contributed by atoms with van der Waals surface area (Å²) in [7, 11) is 0. The van der Waals surface area contributed by atoms with Gasteiger partial charge in [0, 0.05) is 0 Å². The van der Waals surface area contributed by atoms with E-state index in [1.807, 2.05) is 0 Å². The van der Waals surface area contributed by atoms with Crippen LogP contribution in [-0.4, -0.2) is 33.1 Å². The van der Waals surface area contributed by atoms with E-state index in [1.165, 1.54) is 3.28 Å². The fourth-order valence-corrected chi connectivity index (χ4v) is 20.7. The first kappa shape index (κ1) is 23.8. The molecule has 0 amide bonds. The van der Waals surface area contributed by atoms with Crippen LogP contribution in [0.3, 0.4) is 0 Å². The normalized spacial score (nSPS) is 16.2. The standard InChI is InChI=1S/C8H13Ge.3C4H9O.Zr/c1-9(2,3)8-6-4-5-7-8;3*1-4(2)3-5;/h4,6H,5H2,1-3H3;3*4H,3H2,1-2H3;/q;3*-1;+3. The van der Waals surface area contributed by atoms with Gasteiger partial charge in [0.15, 0.2) is 0 Å². The second kappa shape index (κ2) is 10.4. The molecule has 0 atom stereocenters. The topological polar surface area (TPSA) is 27.7 Å². The molecule has 0 aromatic carbocycles. The van der Waals surface area contributed by atoms with Crippen molar-refractivity contribution in [1.82, 2.24) is 0 Å². The molecule has 0 spiro atoms. The monoisotopic (exact) mass is 492 g/mol. The fourth-order valence-electron chi connectivity index (χ4n) is 2.71. The molecule has 0 aromatic rings. The zero-order valence-corrected chi connectivity index (χ0v) is 22.5. The molecule has 1 aliphatic carbocycles. The molecule has 5 heteroatoms. The van der Waals surface area contributed by atoms with Crippen LogP contribution < -0.4 is 0 Å². The van der Waals surface area contributed by atoms with Crippen LogP contribution in [0.4, 0.5) is 0 Å². The zero-order valence-electron chi connectivity index (χ0n) is 17.9. The van der Waals surface area contributed by atoms with E-state index < -0.39 is 34.9 Å². The summed E-state index contributed by atoms with van der Waals surface area (Å²) in [4.78, 5) is 0. The average Bonchev–Trinajstić information content (AvgIpc) is 2.96. The summed E-state index contributed by atoms with van der Waals surface area (Å²) in [6, 6.07) is 0. The van der Waals surface area contributed by atoms with E-state index in [9.17, 15) is 0 Å². The predicted octanol–water partition coefficient (Wildman–Crippen LogP) is 5.99. The van der Waals surface area contributed by atoms with Crippen molar-refractivity contribution in [2.45, 2.75) is 65.2 Å². The number of rotatable bonds is 11. The molecule has 146 valence electrons. The Kier molecular flexibility index (Phi) is 9.88. The van der Waals surface area contributed by atoms with Gasteiger partial charge in [-0.1, -0.05) is 0 Å². The fraction of sp³-hybridized carbons (Fsp3) is 0.800. The summed E-state index contributed by atoms with van der Waals surface area (Å²) in [6.07, 6.45) is 5.60. The van der Waals surface area contributed by atoms with Gasteiger partial charge in [0.2, 0.25) is 0 Å². The van der Waals surface area contributed by atoms with E-state index in [2.05, 4.69) is 71.0 Å². The summed E-state index contributed by atoms with van der Waals surface area (Å²) in [5, 5.41) is 0. The van der Waals surface area contributed by atoms with Crippen molar-refractivity contribution in [3.05, 3.63) is 19.8 Å². The zero-order chi connectivity index (χ0) is 19.3. The Morgan fingerprint density at radius 1 is 0.840 bits per heavy atom. The third-order valence-electron chi connectivity index (χ3n) is 3.93. The minimum absolute atomic E-state index is 0.482. The van der Waals surface area contributed by atoms with Gasteiger partial charge in [0.25, 0.3) is 0 Å². The number of hydrogen-bond donors (Lipinski definition) is 0.